The first-order valence-corrected chi connectivity index (χ1v) is 10.4. The number of nitrogens with zero attached hydrogens (tertiary/aromatic N) is 6. The average molecular weight is 390 g/mol. The maximum atomic E-state index is 5.55. The average Bonchev–Trinajstić information content (AvgIpc) is 3.22. The van der Waals surface area contributed by atoms with E-state index in [0.29, 0.717) is 18.3 Å². The molecule has 2 fully saturated rings. The van der Waals surface area contributed by atoms with Crippen molar-refractivity contribution in [1.82, 2.24) is 29.9 Å². The normalized spacial score (nSPS) is 20.5. The van der Waals surface area contributed by atoms with Crippen LogP contribution in [-0.4, -0.2) is 55.7 Å². The Balaban J connectivity index is 1.25. The standard InChI is InChI=1S/C22H26N6O/c1-16-23-11-9-20(24-16)17-5-7-18(8-6-17)22-25-21(29-26-22)14-27-13-10-19-4-2-3-12-28(19)15-27/h5-9,11,19H,2-4,10,12-15H2,1H3/t19-/m1/s1. The molecule has 5 rings (SSSR count). The van der Waals surface area contributed by atoms with Crippen LogP contribution in [0.15, 0.2) is 41.1 Å². The molecule has 7 heteroatoms. The summed E-state index contributed by atoms with van der Waals surface area (Å²) in [5, 5.41) is 4.20. The summed E-state index contributed by atoms with van der Waals surface area (Å²) >= 11 is 0. The Kier molecular flexibility index (Phi) is 5.08. The van der Waals surface area contributed by atoms with Crippen LogP contribution in [0.25, 0.3) is 22.6 Å². The molecule has 0 aliphatic carbocycles. The molecule has 0 amide bonds. The van der Waals surface area contributed by atoms with Crippen molar-refractivity contribution in [3.05, 3.63) is 48.2 Å². The first-order valence-electron chi connectivity index (χ1n) is 10.4. The van der Waals surface area contributed by atoms with E-state index in [1.165, 1.54) is 32.2 Å². The molecule has 2 aliphatic heterocycles. The summed E-state index contributed by atoms with van der Waals surface area (Å²) in [6, 6.07) is 10.8. The van der Waals surface area contributed by atoms with Crippen LogP contribution in [0.4, 0.5) is 0 Å². The van der Waals surface area contributed by atoms with E-state index >= 15 is 0 Å². The minimum Gasteiger partial charge on any atom is -0.338 e. The van der Waals surface area contributed by atoms with Gasteiger partial charge in [-0.25, -0.2) is 9.97 Å². The molecule has 0 N–H and O–H groups in total. The van der Waals surface area contributed by atoms with Gasteiger partial charge in [0.25, 0.3) is 0 Å². The molecule has 7 nitrogen and oxygen atoms in total. The fraction of sp³-hybridized carbons (Fsp3) is 0.455. The van der Waals surface area contributed by atoms with Crippen molar-refractivity contribution in [1.29, 1.82) is 0 Å². The monoisotopic (exact) mass is 390 g/mol. The van der Waals surface area contributed by atoms with Gasteiger partial charge in [-0.3, -0.25) is 9.80 Å². The number of aryl methyl sites for hydroxylation is 1. The third-order valence-corrected chi connectivity index (χ3v) is 5.95. The Morgan fingerprint density at radius 2 is 1.86 bits per heavy atom. The topological polar surface area (TPSA) is 71.2 Å². The van der Waals surface area contributed by atoms with Crippen LogP contribution < -0.4 is 0 Å². The van der Waals surface area contributed by atoms with Crippen LogP contribution in [-0.2, 0) is 6.54 Å². The van der Waals surface area contributed by atoms with Gasteiger partial charge < -0.3 is 4.52 Å². The van der Waals surface area contributed by atoms with Crippen LogP contribution in [0.5, 0.6) is 0 Å². The molecular formula is C22H26N6O. The van der Waals surface area contributed by atoms with E-state index in [1.54, 1.807) is 6.20 Å². The van der Waals surface area contributed by atoms with Crippen LogP contribution in [0.3, 0.4) is 0 Å². The molecule has 150 valence electrons. The van der Waals surface area contributed by atoms with Crippen LogP contribution in [0.1, 0.15) is 37.4 Å². The van der Waals surface area contributed by atoms with Gasteiger partial charge in [0.2, 0.25) is 11.7 Å². The van der Waals surface area contributed by atoms with Crippen molar-refractivity contribution in [3.63, 3.8) is 0 Å². The number of fused-ring (bicyclic) bond motifs is 1. The minimum atomic E-state index is 0.637. The lowest BCUT2D eigenvalue weighted by Gasteiger charge is -2.43. The van der Waals surface area contributed by atoms with E-state index in [4.69, 9.17) is 4.52 Å². The third kappa shape index (κ3) is 4.06. The second-order valence-corrected chi connectivity index (χ2v) is 8.02. The predicted molar refractivity (Wildman–Crippen MR) is 110 cm³/mol. The fourth-order valence-corrected chi connectivity index (χ4v) is 4.40. The molecule has 2 aromatic heterocycles. The lowest BCUT2D eigenvalue weighted by molar-refractivity contribution is 0.00872. The van der Waals surface area contributed by atoms with Gasteiger partial charge in [-0.05, 0) is 38.8 Å². The fourth-order valence-electron chi connectivity index (χ4n) is 4.40. The summed E-state index contributed by atoms with van der Waals surface area (Å²) in [4.78, 5) is 18.3. The number of hydrogen-bond acceptors (Lipinski definition) is 7. The molecule has 1 aromatic carbocycles. The lowest BCUT2D eigenvalue weighted by atomic mass is 9.98. The van der Waals surface area contributed by atoms with Crippen molar-refractivity contribution < 1.29 is 4.52 Å². The number of rotatable bonds is 4. The summed E-state index contributed by atoms with van der Waals surface area (Å²) in [7, 11) is 0. The maximum Gasteiger partial charge on any atom is 0.241 e. The van der Waals surface area contributed by atoms with Crippen molar-refractivity contribution in [2.75, 3.05) is 19.8 Å². The second kappa shape index (κ2) is 8.00. The van der Waals surface area contributed by atoms with Gasteiger partial charge in [-0.1, -0.05) is 35.8 Å². The summed E-state index contributed by atoms with van der Waals surface area (Å²) in [5.74, 6) is 2.09. The Morgan fingerprint density at radius 1 is 1.00 bits per heavy atom. The zero-order chi connectivity index (χ0) is 19.6. The number of piperidine rings is 1. The second-order valence-electron chi connectivity index (χ2n) is 8.02. The summed E-state index contributed by atoms with van der Waals surface area (Å²) in [6.45, 7) is 5.94. The van der Waals surface area contributed by atoms with Gasteiger partial charge >= 0.3 is 0 Å². The Bertz CT molecular complexity index is 969. The molecule has 0 unspecified atom stereocenters. The Morgan fingerprint density at radius 3 is 2.72 bits per heavy atom. The van der Waals surface area contributed by atoms with Gasteiger partial charge in [0.15, 0.2) is 0 Å². The zero-order valence-electron chi connectivity index (χ0n) is 16.8. The van der Waals surface area contributed by atoms with E-state index in [1.807, 2.05) is 37.3 Å². The molecule has 0 saturated carbocycles. The quantitative estimate of drug-likeness (QED) is 0.675. The molecule has 3 aromatic rings. The number of benzene rings is 1. The van der Waals surface area contributed by atoms with Crippen molar-refractivity contribution >= 4 is 0 Å². The summed E-state index contributed by atoms with van der Waals surface area (Å²) in [6.07, 6.45) is 7.07. The molecule has 0 bridgehead atoms. The smallest absolute Gasteiger partial charge is 0.241 e. The SMILES string of the molecule is Cc1nccc(-c2ccc(-c3noc(CN4CC[C@H]5CCCCN5C4)n3)cc2)n1. The van der Waals surface area contributed by atoms with E-state index in [9.17, 15) is 0 Å². The molecular weight excluding hydrogens is 364 g/mol. The van der Waals surface area contributed by atoms with E-state index in [0.717, 1.165) is 41.9 Å². The number of aromatic nitrogens is 4. The molecule has 0 radical (unpaired) electrons. The van der Waals surface area contributed by atoms with Gasteiger partial charge in [0.1, 0.15) is 5.82 Å². The number of hydrogen-bond donors (Lipinski definition) is 0. The van der Waals surface area contributed by atoms with Crippen molar-refractivity contribution in [2.45, 2.75) is 45.2 Å². The molecule has 0 spiro atoms. The lowest BCUT2D eigenvalue weighted by Crippen LogP contribution is -2.52. The van der Waals surface area contributed by atoms with E-state index < -0.39 is 0 Å². The summed E-state index contributed by atoms with van der Waals surface area (Å²) in [5.41, 5.74) is 2.91. The van der Waals surface area contributed by atoms with Gasteiger partial charge in [-0.15, -0.1) is 0 Å². The first-order chi connectivity index (χ1) is 14.2. The van der Waals surface area contributed by atoms with Crippen LogP contribution in [0, 0.1) is 6.92 Å². The largest absolute Gasteiger partial charge is 0.338 e. The zero-order valence-corrected chi connectivity index (χ0v) is 16.8. The van der Waals surface area contributed by atoms with Gasteiger partial charge in [0, 0.05) is 29.9 Å². The van der Waals surface area contributed by atoms with Crippen LogP contribution >= 0.6 is 0 Å². The molecule has 4 heterocycles. The highest BCUT2D eigenvalue weighted by Gasteiger charge is 2.29. The first kappa shape index (κ1) is 18.4. The Labute approximate surface area is 170 Å². The predicted octanol–water partition coefficient (Wildman–Crippen LogP) is 3.52. The maximum absolute atomic E-state index is 5.55. The minimum absolute atomic E-state index is 0.637. The van der Waals surface area contributed by atoms with Crippen molar-refractivity contribution in [3.8, 4) is 22.6 Å². The third-order valence-electron chi connectivity index (χ3n) is 5.95. The molecule has 29 heavy (non-hydrogen) atoms. The van der Waals surface area contributed by atoms with Crippen LogP contribution in [0.2, 0.25) is 0 Å². The molecule has 1 atom stereocenters. The van der Waals surface area contributed by atoms with E-state index in [-0.39, 0.29) is 0 Å². The van der Waals surface area contributed by atoms with E-state index in [2.05, 4.69) is 29.9 Å². The van der Waals surface area contributed by atoms with Crippen molar-refractivity contribution in [2.24, 2.45) is 0 Å². The molecule has 2 aliphatic rings. The highest BCUT2D eigenvalue weighted by molar-refractivity contribution is 5.64. The highest BCUT2D eigenvalue weighted by atomic mass is 16.5. The Hall–Kier alpha value is -2.64. The molecule has 2 saturated heterocycles. The van der Waals surface area contributed by atoms with Gasteiger partial charge in [0.05, 0.1) is 18.9 Å². The highest BCUT2D eigenvalue weighted by Crippen LogP contribution is 2.25. The summed E-state index contributed by atoms with van der Waals surface area (Å²) < 4.78 is 5.55. The van der Waals surface area contributed by atoms with Gasteiger partial charge in [-0.2, -0.15) is 4.98 Å².